The lowest BCUT2D eigenvalue weighted by Crippen LogP contribution is -2.08. The van der Waals surface area contributed by atoms with Crippen molar-refractivity contribution in [2.75, 3.05) is 0 Å². The van der Waals surface area contributed by atoms with Crippen molar-refractivity contribution in [2.45, 2.75) is 13.1 Å². The molecule has 0 aliphatic rings. The smallest absolute Gasteiger partial charge is 0.132 e. The fraction of sp³-hybridized carbons (Fsp3) is 0.154. The van der Waals surface area contributed by atoms with E-state index in [-0.39, 0.29) is 5.82 Å². The predicted molar refractivity (Wildman–Crippen MR) is 72.7 cm³/mol. The van der Waals surface area contributed by atoms with E-state index in [0.29, 0.717) is 29.4 Å². The number of halogens is 2. The minimum absolute atomic E-state index is 0.350. The summed E-state index contributed by atoms with van der Waals surface area (Å²) in [6.07, 6.45) is 5.28. The van der Waals surface area contributed by atoms with Crippen LogP contribution in [-0.2, 0) is 13.1 Å². The molecule has 0 atom stereocenters. The van der Waals surface area contributed by atoms with Crippen LogP contribution in [0.2, 0.25) is 5.02 Å². The standard InChI is InChI=1S/C13H11ClFN5/c14-10-2-3-12(15)11(8-10)13-9-20(18-17-13)7-6-19-5-1-4-16-19/h1-5,8-9H,6-7H2. The highest BCUT2D eigenvalue weighted by atomic mass is 35.5. The Kier molecular flexibility index (Phi) is 3.47. The molecule has 0 amide bonds. The van der Waals surface area contributed by atoms with Crippen molar-refractivity contribution in [3.63, 3.8) is 0 Å². The Bertz CT molecular complexity index is 707. The van der Waals surface area contributed by atoms with Crippen molar-refractivity contribution < 1.29 is 4.39 Å². The summed E-state index contributed by atoms with van der Waals surface area (Å²) >= 11 is 5.87. The monoisotopic (exact) mass is 291 g/mol. The molecular formula is C13H11ClFN5. The Morgan fingerprint density at radius 1 is 1.20 bits per heavy atom. The lowest BCUT2D eigenvalue weighted by atomic mass is 10.1. The van der Waals surface area contributed by atoms with Gasteiger partial charge < -0.3 is 0 Å². The first-order chi connectivity index (χ1) is 9.72. The second-order valence-electron chi connectivity index (χ2n) is 4.26. The first kappa shape index (κ1) is 12.8. The Morgan fingerprint density at radius 3 is 2.85 bits per heavy atom. The lowest BCUT2D eigenvalue weighted by Gasteiger charge is -2.01. The van der Waals surface area contributed by atoms with Crippen LogP contribution < -0.4 is 0 Å². The SMILES string of the molecule is Fc1ccc(Cl)cc1-c1cn(CCn2cccn2)nn1. The third-order valence-electron chi connectivity index (χ3n) is 2.86. The van der Waals surface area contributed by atoms with Gasteiger partial charge in [-0.05, 0) is 24.3 Å². The van der Waals surface area contributed by atoms with E-state index in [1.807, 2.05) is 12.3 Å². The minimum Gasteiger partial charge on any atom is -0.271 e. The quantitative estimate of drug-likeness (QED) is 0.742. The summed E-state index contributed by atoms with van der Waals surface area (Å²) in [7, 11) is 0. The second kappa shape index (κ2) is 5.42. The molecule has 0 radical (unpaired) electrons. The number of rotatable bonds is 4. The maximum absolute atomic E-state index is 13.7. The van der Waals surface area contributed by atoms with E-state index in [9.17, 15) is 4.39 Å². The normalized spacial score (nSPS) is 10.9. The van der Waals surface area contributed by atoms with Crippen LogP contribution in [0.4, 0.5) is 4.39 Å². The average molecular weight is 292 g/mol. The molecule has 0 spiro atoms. The molecule has 3 aromatic rings. The van der Waals surface area contributed by atoms with E-state index >= 15 is 0 Å². The largest absolute Gasteiger partial charge is 0.271 e. The van der Waals surface area contributed by atoms with Crippen molar-refractivity contribution in [3.05, 3.63) is 53.7 Å². The number of benzene rings is 1. The van der Waals surface area contributed by atoms with E-state index in [4.69, 9.17) is 11.6 Å². The van der Waals surface area contributed by atoms with E-state index in [2.05, 4.69) is 15.4 Å². The van der Waals surface area contributed by atoms with Gasteiger partial charge in [0.15, 0.2) is 0 Å². The van der Waals surface area contributed by atoms with Gasteiger partial charge in [-0.25, -0.2) is 4.39 Å². The summed E-state index contributed by atoms with van der Waals surface area (Å²) in [6.45, 7) is 1.28. The van der Waals surface area contributed by atoms with Crippen molar-refractivity contribution in [1.29, 1.82) is 0 Å². The van der Waals surface area contributed by atoms with Crippen molar-refractivity contribution in [1.82, 2.24) is 24.8 Å². The second-order valence-corrected chi connectivity index (χ2v) is 4.70. The number of aryl methyl sites for hydroxylation is 2. The van der Waals surface area contributed by atoms with Crippen LogP contribution in [0.25, 0.3) is 11.3 Å². The van der Waals surface area contributed by atoms with Gasteiger partial charge in [-0.1, -0.05) is 16.8 Å². The predicted octanol–water partition coefficient (Wildman–Crippen LogP) is 2.63. The zero-order chi connectivity index (χ0) is 13.9. The fourth-order valence-corrected chi connectivity index (χ4v) is 2.03. The molecule has 5 nitrogen and oxygen atoms in total. The fourth-order valence-electron chi connectivity index (χ4n) is 1.86. The summed E-state index contributed by atoms with van der Waals surface area (Å²) in [5, 5.41) is 12.5. The van der Waals surface area contributed by atoms with Gasteiger partial charge in [0.25, 0.3) is 0 Å². The first-order valence-electron chi connectivity index (χ1n) is 6.05. The van der Waals surface area contributed by atoms with E-state index < -0.39 is 0 Å². The summed E-state index contributed by atoms with van der Waals surface area (Å²) in [5.41, 5.74) is 0.813. The van der Waals surface area contributed by atoms with Gasteiger partial charge in [-0.2, -0.15) is 5.10 Å². The third-order valence-corrected chi connectivity index (χ3v) is 3.10. The number of aromatic nitrogens is 5. The van der Waals surface area contributed by atoms with Crippen LogP contribution in [0.1, 0.15) is 0 Å². The van der Waals surface area contributed by atoms with Gasteiger partial charge in [0.05, 0.1) is 19.3 Å². The molecule has 7 heteroatoms. The molecule has 2 heterocycles. The van der Waals surface area contributed by atoms with Gasteiger partial charge in [-0.3, -0.25) is 9.36 Å². The van der Waals surface area contributed by atoms with Crippen LogP contribution in [0, 0.1) is 5.82 Å². The van der Waals surface area contributed by atoms with Gasteiger partial charge >= 0.3 is 0 Å². The Hall–Kier alpha value is -2.21. The maximum Gasteiger partial charge on any atom is 0.132 e. The minimum atomic E-state index is -0.367. The summed E-state index contributed by atoms with van der Waals surface area (Å²) in [5.74, 6) is -0.367. The molecule has 0 aliphatic carbocycles. The topological polar surface area (TPSA) is 48.5 Å². The van der Waals surface area contributed by atoms with Crippen molar-refractivity contribution >= 4 is 11.6 Å². The molecule has 0 N–H and O–H groups in total. The third kappa shape index (κ3) is 2.70. The zero-order valence-electron chi connectivity index (χ0n) is 10.4. The molecule has 3 rings (SSSR count). The molecule has 1 aromatic carbocycles. The first-order valence-corrected chi connectivity index (χ1v) is 6.43. The molecule has 0 saturated heterocycles. The Morgan fingerprint density at radius 2 is 2.05 bits per heavy atom. The molecule has 0 fully saturated rings. The zero-order valence-corrected chi connectivity index (χ0v) is 11.2. The van der Waals surface area contributed by atoms with Gasteiger partial charge in [0, 0.05) is 23.0 Å². The summed E-state index contributed by atoms with van der Waals surface area (Å²) in [6, 6.07) is 6.22. The highest BCUT2D eigenvalue weighted by molar-refractivity contribution is 6.30. The molecule has 102 valence electrons. The van der Waals surface area contributed by atoms with Crippen LogP contribution in [0.3, 0.4) is 0 Å². The molecule has 0 aliphatic heterocycles. The highest BCUT2D eigenvalue weighted by Gasteiger charge is 2.10. The van der Waals surface area contributed by atoms with Crippen LogP contribution >= 0.6 is 11.6 Å². The number of nitrogens with zero attached hydrogens (tertiary/aromatic N) is 5. The lowest BCUT2D eigenvalue weighted by molar-refractivity contribution is 0.490. The van der Waals surface area contributed by atoms with E-state index in [1.54, 1.807) is 27.8 Å². The molecule has 20 heavy (non-hydrogen) atoms. The summed E-state index contributed by atoms with van der Waals surface area (Å²) in [4.78, 5) is 0. The average Bonchev–Trinajstić information content (AvgIpc) is 3.10. The molecular weight excluding hydrogens is 281 g/mol. The van der Waals surface area contributed by atoms with Gasteiger partial charge in [0.1, 0.15) is 11.5 Å². The van der Waals surface area contributed by atoms with E-state index in [0.717, 1.165) is 0 Å². The van der Waals surface area contributed by atoms with Gasteiger partial charge in [-0.15, -0.1) is 5.10 Å². The van der Waals surface area contributed by atoms with Gasteiger partial charge in [0.2, 0.25) is 0 Å². The number of hydrogen-bond acceptors (Lipinski definition) is 3. The van der Waals surface area contributed by atoms with Crippen molar-refractivity contribution in [2.24, 2.45) is 0 Å². The highest BCUT2D eigenvalue weighted by Crippen LogP contribution is 2.23. The number of hydrogen-bond donors (Lipinski definition) is 0. The van der Waals surface area contributed by atoms with Crippen LogP contribution in [0.5, 0.6) is 0 Å². The van der Waals surface area contributed by atoms with Crippen molar-refractivity contribution in [3.8, 4) is 11.3 Å². The van der Waals surface area contributed by atoms with Crippen LogP contribution in [-0.4, -0.2) is 24.8 Å². The molecule has 0 unspecified atom stereocenters. The molecule has 2 aromatic heterocycles. The van der Waals surface area contributed by atoms with E-state index in [1.165, 1.54) is 12.1 Å². The molecule has 0 saturated carbocycles. The maximum atomic E-state index is 13.7. The van der Waals surface area contributed by atoms with Crippen LogP contribution in [0.15, 0.2) is 42.9 Å². The Balaban J connectivity index is 1.77. The Labute approximate surface area is 119 Å². The summed E-state index contributed by atoms with van der Waals surface area (Å²) < 4.78 is 17.2. The molecule has 0 bridgehead atoms.